The molecule has 0 saturated heterocycles. The molecule has 0 bridgehead atoms. The standard InChI is InChI=1S/C44H82N4O18P2/c1-7-9-11-13-15-17-40(65-36(5)51)19-24-60-31-38(47-42(53)29-34(3)49)21-28-67(56,57)62-26-22-45-44(55)46-23-27-63-68(58,59)64-33-39(48-43(54)30-35(4)50)32-61-25-20-41(66-37(6)52)18-16-14-12-10-8-2/h38-41H,7-33H2,1-6H3,(H,47,53)(H,48,54)(H,56,57)(H,58,59)(H2,45,46,55)/t38-,39+,40+,41+/m0/s1. The molecule has 0 aliphatic rings. The number of unbranched alkanes of at least 4 members (excludes halogenated alkanes) is 8. The Morgan fingerprint density at radius 2 is 0.956 bits per heavy atom. The molecule has 24 heteroatoms. The lowest BCUT2D eigenvalue weighted by atomic mass is 10.1. The van der Waals surface area contributed by atoms with Crippen molar-refractivity contribution >= 4 is 56.8 Å². The van der Waals surface area contributed by atoms with Gasteiger partial charge in [0.25, 0.3) is 0 Å². The average molecular weight is 1020 g/mol. The van der Waals surface area contributed by atoms with Crippen molar-refractivity contribution in [1.29, 1.82) is 0 Å². The fourth-order valence-corrected chi connectivity index (χ4v) is 8.42. The number of carbonyl (C=O) groups excluding carboxylic acids is 7. The van der Waals surface area contributed by atoms with Crippen LogP contribution in [0.5, 0.6) is 0 Å². The largest absolute Gasteiger partial charge is 0.472 e. The van der Waals surface area contributed by atoms with E-state index in [4.69, 9.17) is 32.5 Å². The van der Waals surface area contributed by atoms with Crippen molar-refractivity contribution < 1.29 is 85.0 Å². The van der Waals surface area contributed by atoms with Crippen LogP contribution in [-0.2, 0) is 70.4 Å². The first-order valence-corrected chi connectivity index (χ1v) is 27.1. The smallest absolute Gasteiger partial charge is 0.462 e. The van der Waals surface area contributed by atoms with Crippen LogP contribution < -0.4 is 21.3 Å². The summed E-state index contributed by atoms with van der Waals surface area (Å²) in [4.78, 5) is 104. The van der Waals surface area contributed by atoms with Gasteiger partial charge in [0.2, 0.25) is 11.8 Å². The van der Waals surface area contributed by atoms with E-state index in [0.29, 0.717) is 25.7 Å². The highest BCUT2D eigenvalue weighted by Gasteiger charge is 2.26. The van der Waals surface area contributed by atoms with Gasteiger partial charge in [-0.2, -0.15) is 0 Å². The van der Waals surface area contributed by atoms with Gasteiger partial charge in [-0.3, -0.25) is 42.4 Å². The van der Waals surface area contributed by atoms with Gasteiger partial charge < -0.3 is 54.5 Å². The second-order valence-corrected chi connectivity index (χ2v) is 20.1. The minimum Gasteiger partial charge on any atom is -0.462 e. The molecule has 6 atom stereocenters. The molecule has 0 aliphatic heterocycles. The fraction of sp³-hybridized carbons (Fsp3) is 0.841. The molecule has 6 N–H and O–H groups in total. The number of nitrogens with one attached hydrogen (secondary N) is 4. The van der Waals surface area contributed by atoms with Crippen LogP contribution in [-0.4, -0.2) is 141 Å². The summed E-state index contributed by atoms with van der Waals surface area (Å²) in [5.74, 6) is -2.81. The topological polar surface area (TPSA) is 307 Å². The lowest BCUT2D eigenvalue weighted by Gasteiger charge is -2.22. The molecule has 4 amide bonds. The van der Waals surface area contributed by atoms with Crippen LogP contribution in [0.15, 0.2) is 0 Å². The van der Waals surface area contributed by atoms with Crippen molar-refractivity contribution in [3.63, 3.8) is 0 Å². The number of hydrogen-bond donors (Lipinski definition) is 6. The van der Waals surface area contributed by atoms with Crippen molar-refractivity contribution in [3.05, 3.63) is 0 Å². The molecule has 0 saturated carbocycles. The molecule has 0 spiro atoms. The minimum absolute atomic E-state index is 0.0454. The molecular weight excluding hydrogens is 934 g/mol. The maximum atomic E-state index is 12.8. The summed E-state index contributed by atoms with van der Waals surface area (Å²) in [5.41, 5.74) is 0. The van der Waals surface area contributed by atoms with Crippen LogP contribution in [0.1, 0.15) is 151 Å². The van der Waals surface area contributed by atoms with E-state index in [9.17, 15) is 52.5 Å². The van der Waals surface area contributed by atoms with Gasteiger partial charge in [-0.15, -0.1) is 0 Å². The highest BCUT2D eigenvalue weighted by Crippen LogP contribution is 2.43. The number of ketones is 2. The van der Waals surface area contributed by atoms with Crippen LogP contribution in [0.3, 0.4) is 0 Å². The molecule has 0 aliphatic carbocycles. The second kappa shape index (κ2) is 39.4. The van der Waals surface area contributed by atoms with Crippen LogP contribution in [0.4, 0.5) is 4.79 Å². The molecule has 0 aromatic rings. The Balaban J connectivity index is 4.87. The normalized spacial score (nSPS) is 14.8. The van der Waals surface area contributed by atoms with E-state index in [0.717, 1.165) is 64.2 Å². The van der Waals surface area contributed by atoms with Gasteiger partial charge in [0.15, 0.2) is 0 Å². The predicted molar refractivity (Wildman–Crippen MR) is 252 cm³/mol. The minimum atomic E-state index is -4.71. The van der Waals surface area contributed by atoms with Gasteiger partial charge in [0.1, 0.15) is 23.8 Å². The molecule has 0 heterocycles. The Morgan fingerprint density at radius 1 is 0.515 bits per heavy atom. The van der Waals surface area contributed by atoms with E-state index in [1.165, 1.54) is 27.7 Å². The fourth-order valence-electron chi connectivity index (χ4n) is 6.51. The van der Waals surface area contributed by atoms with E-state index in [1.54, 1.807) is 0 Å². The maximum Gasteiger partial charge on any atom is 0.472 e. The SMILES string of the molecule is CCCCCCC[C@H](CCOC[C@H](COP(=O)(O)OCCNC(=O)NCCOP(=O)(O)CC[C@@H](COCC[C@@H](CCCCCCC)OC(C)=O)NC(=O)CC(C)=O)NC(=O)CC(C)=O)OC(C)=O. The van der Waals surface area contributed by atoms with Crippen molar-refractivity contribution in [1.82, 2.24) is 21.3 Å². The van der Waals surface area contributed by atoms with E-state index in [2.05, 4.69) is 35.1 Å². The van der Waals surface area contributed by atoms with E-state index in [-0.39, 0.29) is 77.0 Å². The number of phosphoric acid groups is 1. The van der Waals surface area contributed by atoms with Crippen molar-refractivity contribution in [2.45, 2.75) is 175 Å². The highest BCUT2D eigenvalue weighted by atomic mass is 31.2. The lowest BCUT2D eigenvalue weighted by Crippen LogP contribution is -2.42. The Morgan fingerprint density at radius 3 is 1.41 bits per heavy atom. The highest BCUT2D eigenvalue weighted by molar-refractivity contribution is 7.52. The summed E-state index contributed by atoms with van der Waals surface area (Å²) in [6, 6.07) is -2.46. The first-order chi connectivity index (χ1) is 32.2. The number of urea groups is 1. The molecule has 396 valence electrons. The summed E-state index contributed by atoms with van der Waals surface area (Å²) in [6.45, 7) is 7.68. The molecule has 0 radical (unpaired) electrons. The van der Waals surface area contributed by atoms with Gasteiger partial charge >= 0.3 is 33.4 Å². The number of phosphoric ester groups is 1. The van der Waals surface area contributed by atoms with Crippen LogP contribution in [0, 0.1) is 0 Å². The molecule has 0 aromatic carbocycles. The van der Waals surface area contributed by atoms with Crippen molar-refractivity contribution in [2.75, 3.05) is 65.5 Å². The monoisotopic (exact) mass is 1020 g/mol. The Bertz CT molecular complexity index is 1460. The molecule has 2 unspecified atom stereocenters. The summed E-state index contributed by atoms with van der Waals surface area (Å²) in [6.07, 6.45) is 10.7. The van der Waals surface area contributed by atoms with Crippen molar-refractivity contribution in [2.24, 2.45) is 0 Å². The summed E-state index contributed by atoms with van der Waals surface area (Å²) in [7, 11) is -8.93. The average Bonchev–Trinajstić information content (AvgIpc) is 3.23. The van der Waals surface area contributed by atoms with Crippen molar-refractivity contribution in [3.8, 4) is 0 Å². The van der Waals surface area contributed by atoms with Crippen LogP contribution in [0.25, 0.3) is 0 Å². The van der Waals surface area contributed by atoms with Gasteiger partial charge in [-0.05, 0) is 46.0 Å². The zero-order chi connectivity index (χ0) is 51.2. The van der Waals surface area contributed by atoms with Crippen LogP contribution in [0.2, 0.25) is 0 Å². The maximum absolute atomic E-state index is 12.8. The number of Topliss-reactive ketones (excluding diaryl/α,β-unsaturated/α-hetero) is 2. The molecule has 22 nitrogen and oxygen atoms in total. The summed E-state index contributed by atoms with van der Waals surface area (Å²) >= 11 is 0. The first-order valence-electron chi connectivity index (χ1n) is 23.8. The van der Waals surface area contributed by atoms with Gasteiger partial charge in [0, 0.05) is 39.8 Å². The summed E-state index contributed by atoms with van der Waals surface area (Å²) in [5, 5.41) is 9.94. The number of rotatable bonds is 44. The Kier molecular flexibility index (Phi) is 37.5. The Labute approximate surface area is 402 Å². The Hall–Kier alpha value is -3.33. The molecule has 0 fully saturated rings. The van der Waals surface area contributed by atoms with E-state index < -0.39 is 88.9 Å². The third kappa shape index (κ3) is 40.5. The van der Waals surface area contributed by atoms with E-state index in [1.807, 2.05) is 0 Å². The van der Waals surface area contributed by atoms with Gasteiger partial charge in [-0.25, -0.2) is 9.36 Å². The van der Waals surface area contributed by atoms with Crippen LogP contribution >= 0.6 is 15.4 Å². The van der Waals surface area contributed by atoms with Gasteiger partial charge in [-0.1, -0.05) is 65.2 Å². The molecular formula is C44H82N4O18P2. The number of amides is 4. The first kappa shape index (κ1) is 64.7. The quantitative estimate of drug-likeness (QED) is 0.0194. The lowest BCUT2D eigenvalue weighted by molar-refractivity contribution is -0.148. The number of hydrogen-bond acceptors (Lipinski definition) is 16. The third-order valence-corrected chi connectivity index (χ3v) is 12.2. The zero-order valence-corrected chi connectivity index (χ0v) is 43.0. The number of esters is 2. The molecule has 0 rings (SSSR count). The molecule has 68 heavy (non-hydrogen) atoms. The summed E-state index contributed by atoms with van der Waals surface area (Å²) < 4.78 is 62.8. The van der Waals surface area contributed by atoms with Gasteiger partial charge in [0.05, 0.1) is 77.3 Å². The number of ether oxygens (including phenoxy) is 4. The predicted octanol–water partition coefficient (Wildman–Crippen LogP) is 5.34. The molecule has 0 aromatic heterocycles. The second-order valence-electron chi connectivity index (χ2n) is 16.6. The third-order valence-electron chi connectivity index (χ3n) is 9.80. The van der Waals surface area contributed by atoms with E-state index >= 15 is 0 Å². The number of carbonyl (C=O) groups is 7. The zero-order valence-electron chi connectivity index (χ0n) is 41.2.